The summed E-state index contributed by atoms with van der Waals surface area (Å²) in [6.07, 6.45) is 0.276. The topological polar surface area (TPSA) is 68.9 Å². The molecule has 0 aromatic carbocycles. The van der Waals surface area contributed by atoms with E-state index in [1.54, 1.807) is 34.4 Å². The summed E-state index contributed by atoms with van der Waals surface area (Å²) in [6, 6.07) is 0. The van der Waals surface area contributed by atoms with Gasteiger partial charge in [0.15, 0.2) is 4.34 Å². The monoisotopic (exact) mass is 327 g/mol. The van der Waals surface area contributed by atoms with Crippen molar-refractivity contribution in [3.8, 4) is 0 Å². The van der Waals surface area contributed by atoms with Crippen LogP contribution in [0, 0.1) is 6.92 Å². The summed E-state index contributed by atoms with van der Waals surface area (Å²) in [5.41, 5.74) is 7.21. The van der Waals surface area contributed by atoms with E-state index < -0.39 is 0 Å². The molecule has 2 aromatic heterocycles. The van der Waals surface area contributed by atoms with Gasteiger partial charge in [-0.25, -0.2) is 9.97 Å². The molecule has 0 aliphatic carbocycles. The maximum absolute atomic E-state index is 11.0. The summed E-state index contributed by atoms with van der Waals surface area (Å²) in [7, 11) is 0. The molecule has 0 aliphatic rings. The number of nitrogens with zero attached hydrogens (tertiary/aromatic N) is 2. The third-order valence-electron chi connectivity index (χ3n) is 2.61. The fourth-order valence-corrected chi connectivity index (χ4v) is 4.65. The minimum atomic E-state index is -0.311. The van der Waals surface area contributed by atoms with Crippen LogP contribution in [0.5, 0.6) is 0 Å². The predicted molar refractivity (Wildman–Crippen MR) is 85.5 cm³/mol. The smallest absolute Gasteiger partial charge is 0.222 e. The minimum absolute atomic E-state index is 0.276. The lowest BCUT2D eigenvalue weighted by Crippen LogP contribution is -2.13. The number of thiazole rings is 2. The van der Waals surface area contributed by atoms with Crippen LogP contribution in [0.1, 0.15) is 41.0 Å². The van der Waals surface area contributed by atoms with Gasteiger partial charge in [0, 0.05) is 21.9 Å². The first-order chi connectivity index (χ1) is 9.45. The standard InChI is InChI=1S/C13H17N3OS3/c1-7(2)12-16-9(5-18-12)6-19-13-15-8(3)10(20-13)4-11(14)17/h5,7H,4,6H2,1-3H3,(H2,14,17). The highest BCUT2D eigenvalue weighted by Gasteiger charge is 2.12. The van der Waals surface area contributed by atoms with Crippen molar-refractivity contribution >= 4 is 40.3 Å². The van der Waals surface area contributed by atoms with Crippen molar-refractivity contribution in [3.63, 3.8) is 0 Å². The number of carbonyl (C=O) groups is 1. The second-order valence-electron chi connectivity index (χ2n) is 4.75. The maximum Gasteiger partial charge on any atom is 0.222 e. The fraction of sp³-hybridized carbons (Fsp3) is 0.462. The highest BCUT2D eigenvalue weighted by molar-refractivity contribution is 8.00. The number of hydrogen-bond donors (Lipinski definition) is 1. The lowest BCUT2D eigenvalue weighted by atomic mass is 10.2. The zero-order valence-corrected chi connectivity index (χ0v) is 14.1. The van der Waals surface area contributed by atoms with Crippen LogP contribution in [-0.4, -0.2) is 15.9 Å². The highest BCUT2D eigenvalue weighted by Crippen LogP contribution is 2.30. The van der Waals surface area contributed by atoms with Gasteiger partial charge in [-0.3, -0.25) is 4.79 Å². The SMILES string of the molecule is Cc1nc(SCc2csc(C(C)C)n2)sc1CC(N)=O. The van der Waals surface area contributed by atoms with Crippen LogP contribution >= 0.6 is 34.4 Å². The van der Waals surface area contributed by atoms with Crippen LogP contribution in [0.25, 0.3) is 0 Å². The van der Waals surface area contributed by atoms with Crippen LogP contribution in [0.2, 0.25) is 0 Å². The van der Waals surface area contributed by atoms with Crippen LogP contribution in [0.4, 0.5) is 0 Å². The first kappa shape index (κ1) is 15.5. The number of carbonyl (C=O) groups excluding carboxylic acids is 1. The predicted octanol–water partition coefficient (Wildman–Crippen LogP) is 3.35. The molecule has 4 nitrogen and oxygen atoms in total. The van der Waals surface area contributed by atoms with Gasteiger partial charge in [0.25, 0.3) is 0 Å². The molecule has 0 radical (unpaired) electrons. The average molecular weight is 328 g/mol. The van der Waals surface area contributed by atoms with Crippen molar-refractivity contribution < 1.29 is 4.79 Å². The Kier molecular flexibility index (Phi) is 5.17. The summed E-state index contributed by atoms with van der Waals surface area (Å²) in [5, 5.41) is 3.28. The summed E-state index contributed by atoms with van der Waals surface area (Å²) in [4.78, 5) is 21.0. The van der Waals surface area contributed by atoms with Crippen molar-refractivity contribution in [2.45, 2.75) is 43.2 Å². The van der Waals surface area contributed by atoms with E-state index in [4.69, 9.17) is 5.73 Å². The van der Waals surface area contributed by atoms with E-state index in [0.29, 0.717) is 5.92 Å². The molecule has 0 saturated carbocycles. The number of rotatable bonds is 6. The Morgan fingerprint density at radius 3 is 2.80 bits per heavy atom. The van der Waals surface area contributed by atoms with E-state index in [2.05, 4.69) is 29.2 Å². The third-order valence-corrected chi connectivity index (χ3v) is 6.14. The van der Waals surface area contributed by atoms with Crippen LogP contribution in [-0.2, 0) is 17.0 Å². The molecule has 2 aromatic rings. The Balaban J connectivity index is 1.98. The molecule has 0 fully saturated rings. The van der Waals surface area contributed by atoms with Crippen molar-refractivity contribution in [2.75, 3.05) is 0 Å². The molecule has 0 atom stereocenters. The first-order valence-corrected chi connectivity index (χ1v) is 8.95. The first-order valence-electron chi connectivity index (χ1n) is 6.27. The number of aromatic nitrogens is 2. The Hall–Kier alpha value is -0.920. The quantitative estimate of drug-likeness (QED) is 0.826. The second-order valence-corrected chi connectivity index (χ2v) is 7.95. The summed E-state index contributed by atoms with van der Waals surface area (Å²) in [6.45, 7) is 6.21. The molecule has 2 N–H and O–H groups in total. The summed E-state index contributed by atoms with van der Waals surface area (Å²) in [5.74, 6) is 0.976. The van der Waals surface area contributed by atoms with Crippen LogP contribution < -0.4 is 5.73 Å². The Labute approximate surface area is 130 Å². The van der Waals surface area contributed by atoms with Gasteiger partial charge in [0.1, 0.15) is 0 Å². The fourth-order valence-electron chi connectivity index (χ4n) is 1.58. The molecule has 108 valence electrons. The van der Waals surface area contributed by atoms with Gasteiger partial charge in [0.05, 0.1) is 22.8 Å². The zero-order valence-electron chi connectivity index (χ0n) is 11.7. The molecule has 0 saturated heterocycles. The lowest BCUT2D eigenvalue weighted by Gasteiger charge is -1.96. The second kappa shape index (κ2) is 6.69. The molecule has 0 bridgehead atoms. The van der Waals surface area contributed by atoms with Gasteiger partial charge in [-0.2, -0.15) is 0 Å². The van der Waals surface area contributed by atoms with Gasteiger partial charge in [-0.05, 0) is 6.92 Å². The molecule has 2 rings (SSSR count). The van der Waals surface area contributed by atoms with E-state index in [1.165, 1.54) is 5.01 Å². The van der Waals surface area contributed by atoms with Gasteiger partial charge in [-0.1, -0.05) is 25.6 Å². The Bertz CT molecular complexity index is 604. The zero-order chi connectivity index (χ0) is 14.7. The molecule has 7 heteroatoms. The van der Waals surface area contributed by atoms with E-state index in [-0.39, 0.29) is 12.3 Å². The number of nitrogens with two attached hydrogens (primary N) is 1. The molecule has 20 heavy (non-hydrogen) atoms. The molecule has 0 spiro atoms. The van der Waals surface area contributed by atoms with Crippen molar-refractivity contribution in [3.05, 3.63) is 26.7 Å². The van der Waals surface area contributed by atoms with E-state index >= 15 is 0 Å². The molecule has 0 unspecified atom stereocenters. The number of aryl methyl sites for hydroxylation is 1. The van der Waals surface area contributed by atoms with E-state index in [9.17, 15) is 4.79 Å². The molecular formula is C13H17N3OS3. The van der Waals surface area contributed by atoms with Crippen LogP contribution in [0.15, 0.2) is 9.72 Å². The van der Waals surface area contributed by atoms with Crippen LogP contribution in [0.3, 0.4) is 0 Å². The maximum atomic E-state index is 11.0. The Morgan fingerprint density at radius 1 is 1.45 bits per heavy atom. The number of amides is 1. The summed E-state index contributed by atoms with van der Waals surface area (Å²) < 4.78 is 0.970. The Morgan fingerprint density at radius 2 is 2.20 bits per heavy atom. The van der Waals surface area contributed by atoms with Gasteiger partial charge < -0.3 is 5.73 Å². The number of primary amides is 1. The number of hydrogen-bond acceptors (Lipinski definition) is 6. The minimum Gasteiger partial charge on any atom is -0.369 e. The normalized spacial score (nSPS) is 11.2. The number of thioether (sulfide) groups is 1. The molecular weight excluding hydrogens is 310 g/mol. The van der Waals surface area contributed by atoms with Crippen molar-refractivity contribution in [1.29, 1.82) is 0 Å². The van der Waals surface area contributed by atoms with Gasteiger partial charge in [0.2, 0.25) is 5.91 Å². The van der Waals surface area contributed by atoms with Gasteiger partial charge >= 0.3 is 0 Å². The van der Waals surface area contributed by atoms with Crippen molar-refractivity contribution in [1.82, 2.24) is 9.97 Å². The van der Waals surface area contributed by atoms with Crippen molar-refractivity contribution in [2.24, 2.45) is 5.73 Å². The van der Waals surface area contributed by atoms with E-state index in [1.807, 2.05) is 6.92 Å². The molecule has 1 amide bonds. The summed E-state index contributed by atoms with van der Waals surface area (Å²) >= 11 is 4.91. The lowest BCUT2D eigenvalue weighted by molar-refractivity contribution is -0.117. The third kappa shape index (κ3) is 4.04. The molecule has 0 aliphatic heterocycles. The average Bonchev–Trinajstić information content (AvgIpc) is 2.94. The molecule has 2 heterocycles. The highest BCUT2D eigenvalue weighted by atomic mass is 32.2. The van der Waals surface area contributed by atoms with E-state index in [0.717, 1.165) is 26.4 Å². The van der Waals surface area contributed by atoms with Gasteiger partial charge in [-0.15, -0.1) is 22.7 Å². The largest absolute Gasteiger partial charge is 0.369 e.